The molecule has 0 aromatic heterocycles. The number of methoxy groups -OCH3 is 1. The zero-order valence-electron chi connectivity index (χ0n) is 10.4. The topological polar surface area (TPSA) is 38.3 Å². The zero-order chi connectivity index (χ0) is 13.0. The van der Waals surface area contributed by atoms with Crippen LogP contribution >= 0.6 is 0 Å². The van der Waals surface area contributed by atoms with Crippen LogP contribution < -0.4 is 10.1 Å². The molecule has 92 valence electrons. The molecule has 1 aromatic rings. The standard InChI is InChI=1S/C9H11NO2.C6H4/c1-7(11)10-8-5-3-4-6-9(8)12-2;1-2-5-4-6(5)3-1/h3-6H,1-2H3,(H,10,11);1-4H. The Morgan fingerprint density at radius 3 is 2.17 bits per heavy atom. The zero-order valence-corrected chi connectivity index (χ0v) is 10.4. The van der Waals surface area contributed by atoms with Crippen LogP contribution in [0.1, 0.15) is 6.92 Å². The highest BCUT2D eigenvalue weighted by molar-refractivity contribution is 5.90. The second-order valence-corrected chi connectivity index (χ2v) is 3.96. The van der Waals surface area contributed by atoms with Gasteiger partial charge >= 0.3 is 0 Å². The summed E-state index contributed by atoms with van der Waals surface area (Å²) in [7, 11) is 1.57. The van der Waals surface area contributed by atoms with Gasteiger partial charge in [-0.05, 0) is 29.3 Å². The van der Waals surface area contributed by atoms with Crippen LogP contribution in [0.25, 0.3) is 11.1 Å². The van der Waals surface area contributed by atoms with Crippen molar-refractivity contribution in [3.63, 3.8) is 0 Å². The van der Waals surface area contributed by atoms with Gasteiger partial charge in [-0.1, -0.05) is 30.3 Å². The summed E-state index contributed by atoms with van der Waals surface area (Å²) in [5.41, 5.74) is 3.55. The number of para-hydroxylation sites is 2. The van der Waals surface area contributed by atoms with Crippen LogP contribution in [0.4, 0.5) is 5.69 Å². The van der Waals surface area contributed by atoms with Crippen molar-refractivity contribution < 1.29 is 9.53 Å². The monoisotopic (exact) mass is 241 g/mol. The van der Waals surface area contributed by atoms with E-state index in [-0.39, 0.29) is 5.91 Å². The lowest BCUT2D eigenvalue weighted by molar-refractivity contribution is -0.114. The summed E-state index contributed by atoms with van der Waals surface area (Å²) >= 11 is 0. The smallest absolute Gasteiger partial charge is 0.221 e. The van der Waals surface area contributed by atoms with E-state index >= 15 is 0 Å². The van der Waals surface area contributed by atoms with Crippen molar-refractivity contribution in [1.29, 1.82) is 0 Å². The van der Waals surface area contributed by atoms with Crippen molar-refractivity contribution in [1.82, 2.24) is 0 Å². The average Bonchev–Trinajstić information content (AvgIpc) is 2.97. The maximum atomic E-state index is 10.7. The van der Waals surface area contributed by atoms with Crippen LogP contribution in [0.5, 0.6) is 5.75 Å². The molecule has 3 heteroatoms. The van der Waals surface area contributed by atoms with Crippen LogP contribution in [0, 0.1) is 0 Å². The van der Waals surface area contributed by atoms with Crippen molar-refractivity contribution in [2.45, 2.75) is 6.92 Å². The van der Waals surface area contributed by atoms with Crippen molar-refractivity contribution >= 4 is 11.6 Å². The number of amides is 1. The predicted octanol–water partition coefficient (Wildman–Crippen LogP) is 3.32. The highest BCUT2D eigenvalue weighted by Crippen LogP contribution is 2.32. The molecule has 2 aliphatic carbocycles. The quantitative estimate of drug-likeness (QED) is 0.747. The number of carbonyl (C=O) groups is 1. The van der Waals surface area contributed by atoms with Gasteiger partial charge in [-0.3, -0.25) is 4.79 Å². The average molecular weight is 241 g/mol. The van der Waals surface area contributed by atoms with Gasteiger partial charge in [-0.25, -0.2) is 0 Å². The molecular weight excluding hydrogens is 226 g/mol. The van der Waals surface area contributed by atoms with Crippen molar-refractivity contribution in [3.8, 4) is 16.9 Å². The Labute approximate surface area is 106 Å². The summed E-state index contributed by atoms with van der Waals surface area (Å²) in [5, 5.41) is 2.66. The first kappa shape index (κ1) is 12.2. The van der Waals surface area contributed by atoms with E-state index in [4.69, 9.17) is 4.74 Å². The molecule has 1 aromatic carbocycles. The minimum atomic E-state index is -0.0977. The number of hydrogen-bond donors (Lipinski definition) is 1. The molecule has 0 radical (unpaired) electrons. The van der Waals surface area contributed by atoms with Gasteiger partial charge in [0.05, 0.1) is 12.8 Å². The molecule has 0 unspecified atom stereocenters. The fourth-order valence-electron chi connectivity index (χ4n) is 1.61. The summed E-state index contributed by atoms with van der Waals surface area (Å²) in [6, 6.07) is 15.8. The molecule has 3 rings (SSSR count). The number of ether oxygens (including phenoxy) is 1. The van der Waals surface area contributed by atoms with E-state index in [1.807, 2.05) is 12.1 Å². The fraction of sp³-hybridized carbons (Fsp3) is 0.133. The molecule has 0 saturated heterocycles. The first-order chi connectivity index (χ1) is 8.70. The Morgan fingerprint density at radius 2 is 1.72 bits per heavy atom. The number of nitrogens with one attached hydrogen (secondary N) is 1. The minimum Gasteiger partial charge on any atom is -0.495 e. The van der Waals surface area contributed by atoms with Crippen LogP contribution in [0.2, 0.25) is 0 Å². The normalized spacial score (nSPS) is 9.89. The van der Waals surface area contributed by atoms with Gasteiger partial charge in [0.1, 0.15) is 5.75 Å². The van der Waals surface area contributed by atoms with Gasteiger partial charge in [0.15, 0.2) is 0 Å². The van der Waals surface area contributed by atoms with Crippen LogP contribution in [0.3, 0.4) is 0 Å². The molecule has 18 heavy (non-hydrogen) atoms. The Bertz CT molecular complexity index is 547. The van der Waals surface area contributed by atoms with E-state index in [9.17, 15) is 4.79 Å². The van der Waals surface area contributed by atoms with Crippen molar-refractivity contribution in [2.75, 3.05) is 12.4 Å². The first-order valence-electron chi connectivity index (χ1n) is 5.72. The SMILES string of the molecule is COc1ccccc1NC(C)=O.c1cc2cc-2c1. The van der Waals surface area contributed by atoms with Gasteiger partial charge in [-0.15, -0.1) is 0 Å². The first-order valence-corrected chi connectivity index (χ1v) is 5.72. The molecule has 2 aliphatic rings. The third-order valence-corrected chi connectivity index (χ3v) is 2.53. The number of hydrogen-bond acceptors (Lipinski definition) is 2. The van der Waals surface area contributed by atoms with Gasteiger partial charge in [0.25, 0.3) is 0 Å². The van der Waals surface area contributed by atoms with Gasteiger partial charge in [-0.2, -0.15) is 0 Å². The number of anilines is 1. The lowest BCUT2D eigenvalue weighted by Gasteiger charge is -2.07. The Kier molecular flexibility index (Phi) is 3.63. The van der Waals surface area contributed by atoms with Crippen LogP contribution in [0.15, 0.2) is 48.5 Å². The number of carbonyl (C=O) groups excluding carboxylic acids is 1. The van der Waals surface area contributed by atoms with Gasteiger partial charge in [0, 0.05) is 6.92 Å². The molecule has 1 amide bonds. The van der Waals surface area contributed by atoms with E-state index in [0.717, 1.165) is 0 Å². The van der Waals surface area contributed by atoms with Crippen molar-refractivity contribution in [2.24, 2.45) is 0 Å². The maximum Gasteiger partial charge on any atom is 0.221 e. The molecule has 0 saturated carbocycles. The summed E-state index contributed by atoms with van der Waals surface area (Å²) in [5.74, 6) is 0.576. The molecule has 0 heterocycles. The van der Waals surface area contributed by atoms with Crippen LogP contribution in [-0.2, 0) is 4.79 Å². The Hall–Kier alpha value is -2.29. The molecule has 1 N–H and O–H groups in total. The van der Waals surface area contributed by atoms with Crippen LogP contribution in [-0.4, -0.2) is 13.0 Å². The number of fused-ring (bicyclic) bond motifs is 1. The lowest BCUT2D eigenvalue weighted by Crippen LogP contribution is -2.06. The van der Waals surface area contributed by atoms with E-state index in [0.29, 0.717) is 11.4 Å². The second-order valence-electron chi connectivity index (χ2n) is 3.96. The summed E-state index contributed by atoms with van der Waals surface area (Å²) in [6.07, 6.45) is 0. The number of rotatable bonds is 2. The highest BCUT2D eigenvalue weighted by Gasteiger charge is 2.07. The van der Waals surface area contributed by atoms with E-state index in [1.54, 1.807) is 19.2 Å². The highest BCUT2D eigenvalue weighted by atomic mass is 16.5. The summed E-state index contributed by atoms with van der Waals surface area (Å²) in [6.45, 7) is 1.46. The minimum absolute atomic E-state index is 0.0977. The fourth-order valence-corrected chi connectivity index (χ4v) is 1.61. The Balaban J connectivity index is 0.000000164. The summed E-state index contributed by atoms with van der Waals surface area (Å²) in [4.78, 5) is 10.7. The molecule has 3 nitrogen and oxygen atoms in total. The molecule has 0 fully saturated rings. The lowest BCUT2D eigenvalue weighted by atomic mass is 10.3. The molecular formula is C15H15NO2. The predicted molar refractivity (Wildman–Crippen MR) is 72.7 cm³/mol. The Morgan fingerprint density at radius 1 is 1.06 bits per heavy atom. The summed E-state index contributed by atoms with van der Waals surface area (Å²) < 4.78 is 5.03. The molecule has 0 bridgehead atoms. The third kappa shape index (κ3) is 3.10. The maximum absolute atomic E-state index is 10.7. The largest absolute Gasteiger partial charge is 0.495 e. The number of benzene rings is 2. The van der Waals surface area contributed by atoms with Gasteiger partial charge in [0.2, 0.25) is 5.91 Å². The molecule has 0 aliphatic heterocycles. The van der Waals surface area contributed by atoms with E-state index in [2.05, 4.69) is 29.6 Å². The molecule has 0 atom stereocenters. The third-order valence-electron chi connectivity index (χ3n) is 2.53. The molecule has 0 spiro atoms. The second kappa shape index (κ2) is 5.36. The van der Waals surface area contributed by atoms with E-state index < -0.39 is 0 Å². The van der Waals surface area contributed by atoms with Crippen molar-refractivity contribution in [3.05, 3.63) is 48.5 Å². The van der Waals surface area contributed by atoms with Gasteiger partial charge < -0.3 is 10.1 Å². The van der Waals surface area contributed by atoms with E-state index in [1.165, 1.54) is 18.1 Å².